The summed E-state index contributed by atoms with van der Waals surface area (Å²) in [6.07, 6.45) is 0.520. The molecule has 2 aromatic carbocycles. The van der Waals surface area contributed by atoms with E-state index in [9.17, 15) is 9.59 Å². The molecule has 0 radical (unpaired) electrons. The van der Waals surface area contributed by atoms with E-state index in [0.717, 1.165) is 18.8 Å². The molecule has 0 spiro atoms. The third-order valence-electron chi connectivity index (χ3n) is 4.89. The molecule has 1 fully saturated rings. The highest BCUT2D eigenvalue weighted by Gasteiger charge is 2.22. The van der Waals surface area contributed by atoms with Gasteiger partial charge in [-0.1, -0.05) is 30.1 Å². The van der Waals surface area contributed by atoms with Crippen LogP contribution in [0.3, 0.4) is 0 Å². The number of methoxy groups -OCH3 is 1. The zero-order valence-electron chi connectivity index (χ0n) is 16.4. The van der Waals surface area contributed by atoms with E-state index >= 15 is 0 Å². The highest BCUT2D eigenvalue weighted by atomic mass is 35.5. The second-order valence-electron chi connectivity index (χ2n) is 6.69. The van der Waals surface area contributed by atoms with Crippen LogP contribution in [0.15, 0.2) is 36.4 Å². The van der Waals surface area contributed by atoms with E-state index in [4.69, 9.17) is 27.9 Å². The van der Waals surface area contributed by atoms with E-state index < -0.39 is 0 Å². The molecule has 0 bridgehead atoms. The van der Waals surface area contributed by atoms with Crippen LogP contribution in [0.1, 0.15) is 23.7 Å². The van der Waals surface area contributed by atoms with E-state index in [1.165, 1.54) is 7.11 Å². The number of amides is 2. The molecule has 6 nitrogen and oxygen atoms in total. The molecule has 0 saturated carbocycles. The summed E-state index contributed by atoms with van der Waals surface area (Å²) in [5, 5.41) is 3.81. The predicted octanol–water partition coefficient (Wildman–Crippen LogP) is 4.31. The molecular weight excluding hydrogens is 413 g/mol. The molecule has 29 heavy (non-hydrogen) atoms. The van der Waals surface area contributed by atoms with Gasteiger partial charge in [-0.3, -0.25) is 9.59 Å². The van der Waals surface area contributed by atoms with Gasteiger partial charge in [0.05, 0.1) is 23.4 Å². The molecule has 154 valence electrons. The first-order valence-electron chi connectivity index (χ1n) is 9.40. The van der Waals surface area contributed by atoms with Crippen LogP contribution in [0.25, 0.3) is 0 Å². The molecule has 0 unspecified atom stereocenters. The molecule has 1 aliphatic heterocycles. The number of carbonyl (C=O) groups excluding carboxylic acids is 2. The molecule has 2 amide bonds. The van der Waals surface area contributed by atoms with Gasteiger partial charge in [0.15, 0.2) is 0 Å². The van der Waals surface area contributed by atoms with E-state index in [-0.39, 0.29) is 11.8 Å². The lowest BCUT2D eigenvalue weighted by Gasteiger charge is -2.36. The molecular formula is C21H23Cl2N3O3. The number of nitrogens with zero attached hydrogens (tertiary/aromatic N) is 2. The smallest absolute Gasteiger partial charge is 0.259 e. The van der Waals surface area contributed by atoms with Crippen LogP contribution in [0.5, 0.6) is 5.75 Å². The van der Waals surface area contributed by atoms with Crippen molar-refractivity contribution in [2.24, 2.45) is 0 Å². The van der Waals surface area contributed by atoms with Crippen LogP contribution in [0.4, 0.5) is 11.4 Å². The van der Waals surface area contributed by atoms with Crippen LogP contribution in [-0.4, -0.2) is 50.0 Å². The number of halogens is 2. The number of piperazine rings is 1. The predicted molar refractivity (Wildman–Crippen MR) is 116 cm³/mol. The van der Waals surface area contributed by atoms with Crippen molar-refractivity contribution in [1.29, 1.82) is 0 Å². The summed E-state index contributed by atoms with van der Waals surface area (Å²) in [6, 6.07) is 10.3. The standard InChI is InChI=1S/C21H23Cl2N3O3/c1-3-20(27)26-10-8-25(9-11-26)18-6-5-15(13-17(18)23)24-21(28)16-12-14(22)4-7-19(16)29-2/h4-7,12-13H,3,8-11H2,1-2H3,(H,24,28). The SMILES string of the molecule is CCC(=O)N1CCN(c2ccc(NC(=O)c3cc(Cl)ccc3OC)cc2Cl)CC1. The highest BCUT2D eigenvalue weighted by molar-refractivity contribution is 6.33. The molecule has 0 aromatic heterocycles. The third-order valence-corrected chi connectivity index (χ3v) is 5.43. The van der Waals surface area contributed by atoms with Gasteiger partial charge in [-0.2, -0.15) is 0 Å². The first kappa shape index (κ1) is 21.3. The summed E-state index contributed by atoms with van der Waals surface area (Å²) in [6.45, 7) is 4.66. The maximum Gasteiger partial charge on any atom is 0.259 e. The lowest BCUT2D eigenvalue weighted by Crippen LogP contribution is -2.48. The first-order valence-corrected chi connectivity index (χ1v) is 10.2. The lowest BCUT2D eigenvalue weighted by atomic mass is 10.1. The lowest BCUT2D eigenvalue weighted by molar-refractivity contribution is -0.131. The van der Waals surface area contributed by atoms with Crippen molar-refractivity contribution in [1.82, 2.24) is 4.90 Å². The van der Waals surface area contributed by atoms with Crippen molar-refractivity contribution in [2.45, 2.75) is 13.3 Å². The van der Waals surface area contributed by atoms with Crippen LogP contribution < -0.4 is 15.0 Å². The summed E-state index contributed by atoms with van der Waals surface area (Å²) < 4.78 is 5.23. The van der Waals surface area contributed by atoms with Crippen molar-refractivity contribution in [3.05, 3.63) is 52.0 Å². The van der Waals surface area contributed by atoms with Crippen molar-refractivity contribution < 1.29 is 14.3 Å². The maximum absolute atomic E-state index is 12.6. The summed E-state index contributed by atoms with van der Waals surface area (Å²) in [5.74, 6) is 0.277. The number of rotatable bonds is 5. The Morgan fingerprint density at radius 1 is 1.07 bits per heavy atom. The first-order chi connectivity index (χ1) is 13.9. The normalized spacial score (nSPS) is 13.9. The topological polar surface area (TPSA) is 61.9 Å². The zero-order valence-corrected chi connectivity index (χ0v) is 17.9. The Kier molecular flexibility index (Phi) is 6.87. The number of ether oxygens (including phenoxy) is 1. The van der Waals surface area contributed by atoms with Gasteiger partial charge in [0.25, 0.3) is 5.91 Å². The Morgan fingerprint density at radius 3 is 2.41 bits per heavy atom. The summed E-state index contributed by atoms with van der Waals surface area (Å²) in [4.78, 5) is 28.5. The van der Waals surface area contributed by atoms with Crippen molar-refractivity contribution in [3.63, 3.8) is 0 Å². The largest absolute Gasteiger partial charge is 0.496 e. The molecule has 1 aliphatic rings. The van der Waals surface area contributed by atoms with Gasteiger partial charge >= 0.3 is 0 Å². The van der Waals surface area contributed by atoms with E-state index in [0.29, 0.717) is 46.6 Å². The maximum atomic E-state index is 12.6. The van der Waals surface area contributed by atoms with E-state index in [1.54, 1.807) is 30.3 Å². The van der Waals surface area contributed by atoms with Crippen molar-refractivity contribution in [2.75, 3.05) is 43.5 Å². The Balaban J connectivity index is 1.70. The average molecular weight is 436 g/mol. The molecule has 2 aromatic rings. The fourth-order valence-electron chi connectivity index (χ4n) is 3.32. The van der Waals surface area contributed by atoms with E-state index in [2.05, 4.69) is 10.2 Å². The van der Waals surface area contributed by atoms with Gasteiger partial charge in [-0.25, -0.2) is 0 Å². The Bertz CT molecular complexity index is 912. The van der Waals surface area contributed by atoms with Crippen LogP contribution in [0, 0.1) is 0 Å². The minimum atomic E-state index is -0.333. The minimum absolute atomic E-state index is 0.172. The van der Waals surface area contributed by atoms with Gasteiger partial charge in [-0.05, 0) is 36.4 Å². The fourth-order valence-corrected chi connectivity index (χ4v) is 3.79. The average Bonchev–Trinajstić information content (AvgIpc) is 2.73. The van der Waals surface area contributed by atoms with Crippen LogP contribution >= 0.6 is 23.2 Å². The van der Waals surface area contributed by atoms with Gasteiger partial charge in [-0.15, -0.1) is 0 Å². The van der Waals surface area contributed by atoms with E-state index in [1.807, 2.05) is 17.9 Å². The molecule has 1 saturated heterocycles. The second-order valence-corrected chi connectivity index (χ2v) is 7.53. The van der Waals surface area contributed by atoms with Gasteiger partial charge in [0.1, 0.15) is 5.75 Å². The summed E-state index contributed by atoms with van der Waals surface area (Å²) in [7, 11) is 1.50. The number of anilines is 2. The van der Waals surface area contributed by atoms with Gasteiger partial charge in [0, 0.05) is 43.3 Å². The van der Waals surface area contributed by atoms with Gasteiger partial charge < -0.3 is 19.9 Å². The van der Waals surface area contributed by atoms with Crippen molar-refractivity contribution >= 4 is 46.4 Å². The van der Waals surface area contributed by atoms with Gasteiger partial charge in [0.2, 0.25) is 5.91 Å². The minimum Gasteiger partial charge on any atom is -0.496 e. The Hall–Kier alpha value is -2.44. The fraction of sp³-hybridized carbons (Fsp3) is 0.333. The molecule has 1 N–H and O–H groups in total. The Labute approximate surface area is 180 Å². The van der Waals surface area contributed by atoms with Crippen LogP contribution in [-0.2, 0) is 4.79 Å². The summed E-state index contributed by atoms with van der Waals surface area (Å²) >= 11 is 12.5. The van der Waals surface area contributed by atoms with Crippen molar-refractivity contribution in [3.8, 4) is 5.75 Å². The molecule has 1 heterocycles. The molecule has 0 atom stereocenters. The molecule has 3 rings (SSSR count). The molecule has 8 heteroatoms. The second kappa shape index (κ2) is 9.37. The number of hydrogen-bond donors (Lipinski definition) is 1. The number of benzene rings is 2. The molecule has 0 aliphatic carbocycles. The number of hydrogen-bond acceptors (Lipinski definition) is 4. The highest BCUT2D eigenvalue weighted by Crippen LogP contribution is 2.30. The third kappa shape index (κ3) is 4.95. The zero-order chi connectivity index (χ0) is 21.0. The number of carbonyl (C=O) groups is 2. The van der Waals surface area contributed by atoms with Crippen LogP contribution in [0.2, 0.25) is 10.0 Å². The summed E-state index contributed by atoms with van der Waals surface area (Å²) in [5.41, 5.74) is 1.80. The number of nitrogens with one attached hydrogen (secondary N) is 1. The Morgan fingerprint density at radius 2 is 1.79 bits per heavy atom. The monoisotopic (exact) mass is 435 g/mol. The quantitative estimate of drug-likeness (QED) is 0.759.